The molecule has 1 radical (unpaired) electrons. The second kappa shape index (κ2) is 7.19. The molecule has 0 saturated carbocycles. The zero-order valence-electron chi connectivity index (χ0n) is 8.44. The fourth-order valence-electron chi connectivity index (χ4n) is 0.976. The van der Waals surface area contributed by atoms with Gasteiger partial charge in [0.2, 0.25) is 5.75 Å². The van der Waals surface area contributed by atoms with Gasteiger partial charge in [-0.1, -0.05) is 6.07 Å². The molecule has 16 heavy (non-hydrogen) atoms. The number of rotatable bonds is 3. The van der Waals surface area contributed by atoms with E-state index >= 15 is 0 Å². The first-order chi connectivity index (χ1) is 7.15. The van der Waals surface area contributed by atoms with Crippen molar-refractivity contribution in [2.24, 2.45) is 10.8 Å². The van der Waals surface area contributed by atoms with Crippen molar-refractivity contribution in [3.63, 3.8) is 0 Å². The molecule has 0 fully saturated rings. The van der Waals surface area contributed by atoms with Crippen molar-refractivity contribution in [1.29, 1.82) is 0 Å². The fourth-order valence-corrected chi connectivity index (χ4v) is 1.03. The maximum absolute atomic E-state index is 7.72. The average molecular weight is 290 g/mol. The summed E-state index contributed by atoms with van der Waals surface area (Å²) in [6.07, 6.45) is 1.42. The molecular formula is C9H12CuN3O2S+3. The molecule has 0 aliphatic carbocycles. The summed E-state index contributed by atoms with van der Waals surface area (Å²) >= 11 is 3.75. The fraction of sp³-hybridized carbons (Fsp3) is 0.111. The molecule has 5 nitrogen and oxygen atoms in total. The molecule has 1 aromatic carbocycles. The van der Waals surface area contributed by atoms with Crippen LogP contribution in [0.4, 0.5) is 0 Å². The van der Waals surface area contributed by atoms with Crippen molar-refractivity contribution < 1.29 is 26.9 Å². The van der Waals surface area contributed by atoms with E-state index in [2.05, 4.69) is 22.7 Å². The molecule has 0 bridgehead atoms. The predicted molar refractivity (Wildman–Crippen MR) is 65.0 cm³/mol. The van der Waals surface area contributed by atoms with Gasteiger partial charge in [0.15, 0.2) is 17.3 Å². The zero-order valence-corrected chi connectivity index (χ0v) is 10.3. The zero-order chi connectivity index (χ0) is 11.3. The Morgan fingerprint density at radius 2 is 2.31 bits per heavy atom. The standard InChI is InChI=1S/C9H11N3O2S.Cu/c1-14-7-4-2-3-6(8(7)13)5-11-12-9(10)15;/h2-5H,1H3,(H4,10,11,12,13,15);/q;+2/p+1. The Bertz CT molecular complexity index is 398. The van der Waals surface area contributed by atoms with Crippen molar-refractivity contribution in [3.05, 3.63) is 29.2 Å². The van der Waals surface area contributed by atoms with E-state index in [0.717, 1.165) is 0 Å². The van der Waals surface area contributed by atoms with Crippen LogP contribution in [0, 0.1) is 0 Å². The van der Waals surface area contributed by atoms with E-state index in [-0.39, 0.29) is 27.9 Å². The summed E-state index contributed by atoms with van der Waals surface area (Å²) in [5, 5.41) is 11.5. The van der Waals surface area contributed by atoms with Gasteiger partial charge in [-0.25, -0.2) is 0 Å². The number of nitrogens with zero attached hydrogens (tertiary/aromatic N) is 2. The number of para-hydroxylation sites is 1. The van der Waals surface area contributed by atoms with Gasteiger partial charge in [-0.3, -0.25) is 5.73 Å². The topological polar surface area (TPSA) is 84.6 Å². The Labute approximate surface area is 109 Å². The summed E-state index contributed by atoms with van der Waals surface area (Å²) in [5.74, 6) is 0.749. The van der Waals surface area contributed by atoms with Crippen molar-refractivity contribution in [1.82, 2.24) is 0 Å². The van der Waals surface area contributed by atoms with Crippen molar-refractivity contribution in [3.8, 4) is 11.5 Å². The molecule has 0 spiro atoms. The van der Waals surface area contributed by atoms with Crippen LogP contribution < -0.4 is 10.5 Å². The second-order valence-corrected chi connectivity index (χ2v) is 3.09. The normalized spacial score (nSPS) is 9.62. The minimum Gasteiger partial charge on any atom is -0.590 e. The predicted octanol–water partition coefficient (Wildman–Crippen LogP) is 0.163. The van der Waals surface area contributed by atoms with E-state index in [1.54, 1.807) is 18.2 Å². The van der Waals surface area contributed by atoms with Crippen molar-refractivity contribution in [2.45, 2.75) is 0 Å². The average Bonchev–Trinajstić information content (AvgIpc) is 2.20. The van der Waals surface area contributed by atoms with E-state index < -0.39 is 0 Å². The largest absolute Gasteiger partial charge is 2.00 e. The molecule has 0 unspecified atom stereocenters. The summed E-state index contributed by atoms with van der Waals surface area (Å²) in [6, 6.07) is 5.21. The van der Waals surface area contributed by atoms with Gasteiger partial charge in [0.05, 0.1) is 12.7 Å². The molecule has 1 rings (SSSR count). The van der Waals surface area contributed by atoms with Gasteiger partial charge >= 0.3 is 22.8 Å². The maximum Gasteiger partial charge on any atom is 2.00 e. The Kier molecular flexibility index (Phi) is 6.67. The van der Waals surface area contributed by atoms with E-state index in [1.165, 1.54) is 13.3 Å². The molecule has 4 N–H and O–H groups in total. The minimum absolute atomic E-state index is 0. The van der Waals surface area contributed by atoms with Gasteiger partial charge in [-0.05, 0) is 12.1 Å². The first-order valence-electron chi connectivity index (χ1n) is 4.09. The number of thiol groups is 1. The number of benzene rings is 1. The Morgan fingerprint density at radius 3 is 2.88 bits per heavy atom. The Hall–Kier alpha value is -1.14. The van der Waals surface area contributed by atoms with Gasteiger partial charge in [0, 0.05) is 6.21 Å². The number of hydrogen-bond donors (Lipinski definition) is 1. The second-order valence-electron chi connectivity index (χ2n) is 2.63. The van der Waals surface area contributed by atoms with Crippen LogP contribution in [-0.2, 0) is 29.3 Å². The summed E-state index contributed by atoms with van der Waals surface area (Å²) in [5.41, 5.74) is 9.30. The molecule has 0 aliphatic rings. The van der Waals surface area contributed by atoms with Crippen molar-refractivity contribution >= 4 is 23.5 Å². The third-order valence-electron chi connectivity index (χ3n) is 1.64. The SMILES string of the molecule is COc1cccc(C=N[N-]C(N)=[SH+])c1[OH2+].[Cu+2]. The maximum atomic E-state index is 7.72. The number of ether oxygens (including phenoxy) is 1. The molecule has 0 aliphatic heterocycles. The first kappa shape index (κ1) is 14.9. The summed E-state index contributed by atoms with van der Waals surface area (Å²) < 4.78 is 4.99. The van der Waals surface area contributed by atoms with Crippen molar-refractivity contribution in [2.75, 3.05) is 7.11 Å². The summed E-state index contributed by atoms with van der Waals surface area (Å²) in [6.45, 7) is 0. The van der Waals surface area contributed by atoms with Crippen LogP contribution in [0.1, 0.15) is 5.56 Å². The molecule has 0 aromatic heterocycles. The minimum atomic E-state index is 0. The number of nitrogens with two attached hydrogens (primary N) is 1. The molecule has 0 heterocycles. The van der Waals surface area contributed by atoms with Gasteiger partial charge in [-0.15, -0.1) is 0 Å². The van der Waals surface area contributed by atoms with E-state index in [4.69, 9.17) is 15.6 Å². The molecule has 1 aromatic rings. The van der Waals surface area contributed by atoms with Crippen LogP contribution in [0.2, 0.25) is 0 Å². The Balaban J connectivity index is 0.00000225. The molecule has 89 valence electrons. The van der Waals surface area contributed by atoms with Crippen LogP contribution in [0.3, 0.4) is 0 Å². The molecule has 0 atom stereocenters. The third-order valence-corrected chi connectivity index (χ3v) is 1.72. The monoisotopic (exact) mass is 289 g/mol. The van der Waals surface area contributed by atoms with Crippen LogP contribution in [-0.4, -0.2) is 23.5 Å². The smallest absolute Gasteiger partial charge is 0.590 e. The van der Waals surface area contributed by atoms with E-state index in [9.17, 15) is 0 Å². The van der Waals surface area contributed by atoms with Crippen LogP contribution in [0.25, 0.3) is 5.43 Å². The van der Waals surface area contributed by atoms with Gasteiger partial charge in [-0.2, -0.15) is 0 Å². The molecule has 7 heteroatoms. The van der Waals surface area contributed by atoms with Gasteiger partial charge in [0.1, 0.15) is 0 Å². The van der Waals surface area contributed by atoms with Crippen LogP contribution in [0.5, 0.6) is 11.5 Å². The van der Waals surface area contributed by atoms with Gasteiger partial charge < -0.3 is 20.4 Å². The van der Waals surface area contributed by atoms with Gasteiger partial charge in [0.25, 0.3) is 0 Å². The first-order valence-corrected chi connectivity index (χ1v) is 4.54. The van der Waals surface area contributed by atoms with E-state index in [1.807, 2.05) is 0 Å². The van der Waals surface area contributed by atoms with E-state index in [0.29, 0.717) is 11.3 Å². The molecule has 0 saturated heterocycles. The summed E-state index contributed by atoms with van der Waals surface area (Å²) in [7, 11) is 1.51. The number of methoxy groups -OCH3 is 1. The van der Waals surface area contributed by atoms with Crippen LogP contribution >= 0.6 is 0 Å². The van der Waals surface area contributed by atoms with Crippen LogP contribution in [0.15, 0.2) is 23.3 Å². The summed E-state index contributed by atoms with van der Waals surface area (Å²) in [4.78, 5) is 0. The Morgan fingerprint density at radius 1 is 1.62 bits per heavy atom. The molecule has 0 amide bonds. The third kappa shape index (κ3) is 4.16. The molecular weight excluding hydrogens is 278 g/mol. The number of hydrogen-bond acceptors (Lipinski definition) is 2. The quantitative estimate of drug-likeness (QED) is 0.215.